The van der Waals surface area contributed by atoms with Crippen molar-refractivity contribution in [3.63, 3.8) is 0 Å². The molecule has 43 heavy (non-hydrogen) atoms. The molecule has 0 unspecified atom stereocenters. The molecule has 3 N–H and O–H groups in total. The molecule has 11 heteroatoms. The van der Waals surface area contributed by atoms with E-state index < -0.39 is 11.8 Å². The summed E-state index contributed by atoms with van der Waals surface area (Å²) in [6.07, 6.45) is 1.50. The second-order valence-electron chi connectivity index (χ2n) is 9.39. The van der Waals surface area contributed by atoms with Crippen molar-refractivity contribution in [2.75, 3.05) is 16.4 Å². The highest BCUT2D eigenvalue weighted by atomic mass is 32.2. The van der Waals surface area contributed by atoms with E-state index in [1.54, 1.807) is 54.6 Å². The van der Waals surface area contributed by atoms with Gasteiger partial charge in [-0.3, -0.25) is 19.7 Å². The summed E-state index contributed by atoms with van der Waals surface area (Å²) in [4.78, 5) is 39.4. The van der Waals surface area contributed by atoms with Crippen LogP contribution in [-0.2, 0) is 9.59 Å². The summed E-state index contributed by atoms with van der Waals surface area (Å²) in [5.74, 6) is 0.0938. The standard InChI is InChI=1S/C32H27N5O4S2/c1-20-8-10-22(11-9-20)28-17-14-25(41-28)18-27(34-30(39)23-6-4-3-5-7-23)31(40)33-24-12-15-26(16-13-24)42-19-29(38)35-32-37-36-21(2)43-32/h3-18H,19H2,1-2H3,(H,33,40)(H,34,39)(H,35,37,38)/b27-18-. The molecule has 0 radical (unpaired) electrons. The molecule has 0 spiro atoms. The molecule has 3 aromatic carbocycles. The van der Waals surface area contributed by atoms with E-state index in [0.717, 1.165) is 21.0 Å². The van der Waals surface area contributed by atoms with Gasteiger partial charge in [0.2, 0.25) is 11.0 Å². The SMILES string of the molecule is Cc1ccc(-c2ccc(/C=C(\NC(=O)c3ccccc3)C(=O)Nc3ccc(SCC(=O)Nc4nnc(C)s4)cc3)o2)cc1. The van der Waals surface area contributed by atoms with Gasteiger partial charge >= 0.3 is 0 Å². The summed E-state index contributed by atoms with van der Waals surface area (Å²) in [6.45, 7) is 3.83. The monoisotopic (exact) mass is 609 g/mol. The van der Waals surface area contributed by atoms with E-state index in [9.17, 15) is 14.4 Å². The molecule has 9 nitrogen and oxygen atoms in total. The van der Waals surface area contributed by atoms with Gasteiger partial charge in [0.05, 0.1) is 5.75 Å². The van der Waals surface area contributed by atoms with Gasteiger partial charge in [0.15, 0.2) is 0 Å². The molecule has 0 aliphatic rings. The molecule has 0 aliphatic carbocycles. The third-order valence-electron chi connectivity index (χ3n) is 6.03. The normalized spacial score (nSPS) is 11.2. The van der Waals surface area contributed by atoms with Crippen molar-refractivity contribution < 1.29 is 18.8 Å². The molecule has 0 aliphatic heterocycles. The van der Waals surface area contributed by atoms with E-state index >= 15 is 0 Å². The van der Waals surface area contributed by atoms with Crippen LogP contribution in [0.3, 0.4) is 0 Å². The van der Waals surface area contributed by atoms with Crippen LogP contribution in [0.5, 0.6) is 0 Å². The van der Waals surface area contributed by atoms with Crippen molar-refractivity contribution >= 4 is 57.7 Å². The summed E-state index contributed by atoms with van der Waals surface area (Å²) >= 11 is 2.66. The first kappa shape index (κ1) is 29.5. The molecular formula is C32H27N5O4S2. The fraction of sp³-hybridized carbons (Fsp3) is 0.0938. The van der Waals surface area contributed by atoms with Crippen LogP contribution in [0, 0.1) is 13.8 Å². The van der Waals surface area contributed by atoms with Gasteiger partial charge in [-0.25, -0.2) is 0 Å². The maximum atomic E-state index is 13.4. The number of nitrogens with zero attached hydrogens (tertiary/aromatic N) is 2. The average Bonchev–Trinajstić information content (AvgIpc) is 3.65. The Hall–Kier alpha value is -5.00. The molecule has 5 aromatic rings. The first-order valence-electron chi connectivity index (χ1n) is 13.2. The van der Waals surface area contributed by atoms with E-state index in [2.05, 4.69) is 26.1 Å². The van der Waals surface area contributed by atoms with Crippen LogP contribution in [0.15, 0.2) is 106 Å². The van der Waals surface area contributed by atoms with Crippen LogP contribution in [0.2, 0.25) is 0 Å². The van der Waals surface area contributed by atoms with E-state index in [-0.39, 0.29) is 17.4 Å². The fourth-order valence-electron chi connectivity index (χ4n) is 3.87. The van der Waals surface area contributed by atoms with Crippen LogP contribution in [0.25, 0.3) is 17.4 Å². The lowest BCUT2D eigenvalue weighted by Gasteiger charge is -2.11. The van der Waals surface area contributed by atoms with E-state index in [1.165, 1.54) is 29.2 Å². The van der Waals surface area contributed by atoms with Crippen molar-refractivity contribution in [2.24, 2.45) is 0 Å². The lowest BCUT2D eigenvalue weighted by molar-refractivity contribution is -0.114. The second-order valence-corrected chi connectivity index (χ2v) is 11.6. The Labute approximate surface area is 256 Å². The highest BCUT2D eigenvalue weighted by Crippen LogP contribution is 2.25. The number of hydrogen-bond acceptors (Lipinski definition) is 8. The number of benzene rings is 3. The quantitative estimate of drug-likeness (QED) is 0.121. The summed E-state index contributed by atoms with van der Waals surface area (Å²) in [7, 11) is 0. The van der Waals surface area contributed by atoms with Crippen molar-refractivity contribution in [1.29, 1.82) is 0 Å². The molecule has 0 saturated heterocycles. The predicted molar refractivity (Wildman–Crippen MR) is 170 cm³/mol. The Morgan fingerprint density at radius 3 is 2.30 bits per heavy atom. The first-order valence-corrected chi connectivity index (χ1v) is 15.0. The molecule has 0 bridgehead atoms. The van der Waals surface area contributed by atoms with Crippen LogP contribution in [0.4, 0.5) is 10.8 Å². The fourth-order valence-corrected chi connectivity index (χ4v) is 5.18. The Kier molecular flexibility index (Phi) is 9.45. The zero-order valence-corrected chi connectivity index (χ0v) is 24.9. The van der Waals surface area contributed by atoms with Crippen molar-refractivity contribution in [3.8, 4) is 11.3 Å². The van der Waals surface area contributed by atoms with Gasteiger partial charge in [0.25, 0.3) is 11.8 Å². The van der Waals surface area contributed by atoms with Gasteiger partial charge in [-0.05, 0) is 62.4 Å². The van der Waals surface area contributed by atoms with Crippen molar-refractivity contribution in [1.82, 2.24) is 15.5 Å². The minimum absolute atomic E-state index is 0.0145. The minimum Gasteiger partial charge on any atom is -0.457 e. The summed E-state index contributed by atoms with van der Waals surface area (Å²) in [5, 5.41) is 17.3. The van der Waals surface area contributed by atoms with Gasteiger partial charge in [-0.15, -0.1) is 22.0 Å². The number of hydrogen-bond donors (Lipinski definition) is 3. The number of rotatable bonds is 10. The molecular weight excluding hydrogens is 583 g/mol. The maximum absolute atomic E-state index is 13.4. The van der Waals surface area contributed by atoms with Crippen LogP contribution in [0.1, 0.15) is 26.7 Å². The summed E-state index contributed by atoms with van der Waals surface area (Å²) < 4.78 is 5.98. The number of carbonyl (C=O) groups is 3. The van der Waals surface area contributed by atoms with E-state index in [0.29, 0.717) is 27.9 Å². The Morgan fingerprint density at radius 2 is 1.60 bits per heavy atom. The molecule has 0 saturated carbocycles. The summed E-state index contributed by atoms with van der Waals surface area (Å²) in [5.41, 5.74) is 2.97. The molecule has 216 valence electrons. The number of furan rings is 1. The zero-order valence-electron chi connectivity index (χ0n) is 23.3. The molecule has 3 amide bonds. The number of nitrogens with one attached hydrogen (secondary N) is 3. The van der Waals surface area contributed by atoms with Gasteiger partial charge in [0.1, 0.15) is 22.2 Å². The number of amides is 3. The number of aryl methyl sites for hydroxylation is 2. The third kappa shape index (κ3) is 8.28. The van der Waals surface area contributed by atoms with Crippen LogP contribution < -0.4 is 16.0 Å². The molecule has 5 rings (SSSR count). The minimum atomic E-state index is -0.523. The lowest BCUT2D eigenvalue weighted by atomic mass is 10.1. The third-order valence-corrected chi connectivity index (χ3v) is 7.80. The highest BCUT2D eigenvalue weighted by molar-refractivity contribution is 8.00. The average molecular weight is 610 g/mol. The first-order chi connectivity index (χ1) is 20.8. The summed E-state index contributed by atoms with van der Waals surface area (Å²) in [6, 6.07) is 27.2. The second kappa shape index (κ2) is 13.8. The van der Waals surface area contributed by atoms with Gasteiger partial charge in [-0.2, -0.15) is 0 Å². The number of aromatic nitrogens is 2. The zero-order chi connectivity index (χ0) is 30.2. The smallest absolute Gasteiger partial charge is 0.272 e. The molecule has 2 heterocycles. The predicted octanol–water partition coefficient (Wildman–Crippen LogP) is 6.56. The van der Waals surface area contributed by atoms with Crippen LogP contribution in [-0.4, -0.2) is 33.7 Å². The largest absolute Gasteiger partial charge is 0.457 e. The topological polar surface area (TPSA) is 126 Å². The van der Waals surface area contributed by atoms with E-state index in [4.69, 9.17) is 4.42 Å². The van der Waals surface area contributed by atoms with Gasteiger partial charge in [-0.1, -0.05) is 59.4 Å². The van der Waals surface area contributed by atoms with E-state index in [1.807, 2.05) is 50.2 Å². The van der Waals surface area contributed by atoms with Crippen LogP contribution >= 0.6 is 23.1 Å². The van der Waals surface area contributed by atoms with Crippen molar-refractivity contribution in [3.05, 3.63) is 119 Å². The molecule has 0 atom stereocenters. The Morgan fingerprint density at radius 1 is 0.860 bits per heavy atom. The Balaban J connectivity index is 1.27. The highest BCUT2D eigenvalue weighted by Gasteiger charge is 2.17. The lowest BCUT2D eigenvalue weighted by Crippen LogP contribution is -2.30. The van der Waals surface area contributed by atoms with Gasteiger partial charge in [0, 0.05) is 27.8 Å². The van der Waals surface area contributed by atoms with Gasteiger partial charge < -0.3 is 15.1 Å². The number of carbonyl (C=O) groups excluding carboxylic acids is 3. The number of thioether (sulfide) groups is 1. The Bertz CT molecular complexity index is 1760. The molecule has 0 fully saturated rings. The van der Waals surface area contributed by atoms with Crippen molar-refractivity contribution in [2.45, 2.75) is 18.7 Å². The maximum Gasteiger partial charge on any atom is 0.272 e. The number of anilines is 2. The molecule has 2 aromatic heterocycles.